The molecule has 0 bridgehead atoms. The Bertz CT molecular complexity index is 442. The maximum Gasteiger partial charge on any atom is 0.242 e. The fourth-order valence-electron chi connectivity index (χ4n) is 2.42. The Kier molecular flexibility index (Phi) is 2.92. The second kappa shape index (κ2) is 4.33. The highest BCUT2D eigenvalue weighted by Crippen LogP contribution is 2.36. The van der Waals surface area contributed by atoms with Gasteiger partial charge in [0.1, 0.15) is 6.10 Å². The number of morpholine rings is 1. The van der Waals surface area contributed by atoms with E-state index in [1.54, 1.807) is 11.3 Å². The van der Waals surface area contributed by atoms with Crippen LogP contribution in [0.4, 0.5) is 0 Å². The van der Waals surface area contributed by atoms with Crippen LogP contribution in [0.15, 0.2) is 16.8 Å². The molecule has 1 aromatic rings. The van der Waals surface area contributed by atoms with Gasteiger partial charge < -0.3 is 15.4 Å². The molecule has 18 heavy (non-hydrogen) atoms. The summed E-state index contributed by atoms with van der Waals surface area (Å²) in [6.07, 6.45) is 1.70. The quantitative estimate of drug-likeness (QED) is 0.883. The summed E-state index contributed by atoms with van der Waals surface area (Å²) >= 11 is 1.65. The predicted molar refractivity (Wildman–Crippen MR) is 70.3 cm³/mol. The number of ether oxygens (including phenoxy) is 1. The van der Waals surface area contributed by atoms with Crippen LogP contribution in [0.1, 0.15) is 31.4 Å². The number of thiophene rings is 1. The topological polar surface area (TPSA) is 55.6 Å². The van der Waals surface area contributed by atoms with Gasteiger partial charge in [0.25, 0.3) is 0 Å². The molecule has 1 amide bonds. The Morgan fingerprint density at radius 1 is 1.56 bits per heavy atom. The molecule has 2 heterocycles. The van der Waals surface area contributed by atoms with Gasteiger partial charge in [-0.25, -0.2) is 0 Å². The van der Waals surface area contributed by atoms with Crippen LogP contribution in [0.5, 0.6) is 0 Å². The summed E-state index contributed by atoms with van der Waals surface area (Å²) in [6, 6.07) is 2.06. The van der Waals surface area contributed by atoms with Gasteiger partial charge in [0, 0.05) is 6.54 Å². The van der Waals surface area contributed by atoms with Crippen LogP contribution >= 0.6 is 11.3 Å². The van der Waals surface area contributed by atoms with Gasteiger partial charge >= 0.3 is 0 Å². The number of hydrogen-bond acceptors (Lipinski definition) is 4. The van der Waals surface area contributed by atoms with Crippen molar-refractivity contribution in [3.63, 3.8) is 0 Å². The van der Waals surface area contributed by atoms with Crippen molar-refractivity contribution in [3.05, 3.63) is 22.4 Å². The van der Waals surface area contributed by atoms with Gasteiger partial charge in [0.05, 0.1) is 18.2 Å². The second-order valence-electron chi connectivity index (χ2n) is 5.36. The molecule has 2 fully saturated rings. The van der Waals surface area contributed by atoms with Gasteiger partial charge in [0.15, 0.2) is 0 Å². The fraction of sp³-hybridized carbons (Fsp3) is 0.615. The number of carbonyl (C=O) groups excluding carboxylic acids is 1. The molecule has 1 aliphatic carbocycles. The smallest absolute Gasteiger partial charge is 0.242 e. The van der Waals surface area contributed by atoms with E-state index in [0.717, 1.165) is 18.4 Å². The van der Waals surface area contributed by atoms with Crippen molar-refractivity contribution >= 4 is 17.2 Å². The molecule has 1 saturated carbocycles. The minimum atomic E-state index is -0.573. The zero-order valence-corrected chi connectivity index (χ0v) is 11.3. The second-order valence-corrected chi connectivity index (χ2v) is 6.14. The highest BCUT2D eigenvalue weighted by molar-refractivity contribution is 7.07. The fourth-order valence-corrected chi connectivity index (χ4v) is 3.12. The lowest BCUT2D eigenvalue weighted by Gasteiger charge is -2.37. The number of nitrogens with zero attached hydrogens (tertiary/aromatic N) is 1. The Morgan fingerprint density at radius 2 is 2.33 bits per heavy atom. The van der Waals surface area contributed by atoms with E-state index in [2.05, 4.69) is 11.4 Å². The van der Waals surface area contributed by atoms with Crippen molar-refractivity contribution in [2.24, 2.45) is 5.73 Å². The van der Waals surface area contributed by atoms with Crippen molar-refractivity contribution in [2.45, 2.75) is 37.5 Å². The minimum Gasteiger partial charge on any atom is -0.367 e. The van der Waals surface area contributed by atoms with E-state index in [9.17, 15) is 4.79 Å². The van der Waals surface area contributed by atoms with Gasteiger partial charge in [0.2, 0.25) is 5.91 Å². The van der Waals surface area contributed by atoms with Crippen molar-refractivity contribution in [3.8, 4) is 0 Å². The van der Waals surface area contributed by atoms with Crippen LogP contribution in [0.25, 0.3) is 0 Å². The first-order valence-electron chi connectivity index (χ1n) is 6.34. The van der Waals surface area contributed by atoms with Crippen LogP contribution in [-0.4, -0.2) is 35.5 Å². The molecule has 2 unspecified atom stereocenters. The standard InChI is InChI=1S/C13H18N2O2S/c1-9-6-15(12(16)13(14)3-4-13)7-11(17-9)10-2-5-18-8-10/h2,5,8-9,11H,3-4,6-7,14H2,1H3. The summed E-state index contributed by atoms with van der Waals surface area (Å²) in [7, 11) is 0. The number of rotatable bonds is 2. The van der Waals surface area contributed by atoms with E-state index in [1.165, 1.54) is 0 Å². The summed E-state index contributed by atoms with van der Waals surface area (Å²) in [5.74, 6) is 0.0953. The number of hydrogen-bond donors (Lipinski definition) is 1. The van der Waals surface area contributed by atoms with Gasteiger partial charge in [-0.2, -0.15) is 11.3 Å². The highest BCUT2D eigenvalue weighted by atomic mass is 32.1. The number of amides is 1. The summed E-state index contributed by atoms with van der Waals surface area (Å²) in [5.41, 5.74) is 6.59. The Balaban J connectivity index is 1.74. The van der Waals surface area contributed by atoms with Gasteiger partial charge in [-0.3, -0.25) is 4.79 Å². The molecule has 2 atom stereocenters. The van der Waals surface area contributed by atoms with Crippen LogP contribution in [0, 0.1) is 0 Å². The van der Waals surface area contributed by atoms with Crippen LogP contribution < -0.4 is 5.73 Å². The van der Waals surface area contributed by atoms with Gasteiger partial charge in [-0.15, -0.1) is 0 Å². The Labute approximate surface area is 111 Å². The molecule has 0 radical (unpaired) electrons. The molecule has 0 aromatic carbocycles. The maximum atomic E-state index is 12.3. The van der Waals surface area contributed by atoms with Crippen molar-refractivity contribution in [1.82, 2.24) is 4.90 Å². The zero-order valence-electron chi connectivity index (χ0n) is 10.5. The molecule has 0 spiro atoms. The van der Waals surface area contributed by atoms with Crippen LogP contribution in [0.2, 0.25) is 0 Å². The average Bonchev–Trinajstić information content (AvgIpc) is 2.91. The van der Waals surface area contributed by atoms with E-state index in [4.69, 9.17) is 10.5 Å². The summed E-state index contributed by atoms with van der Waals surface area (Å²) in [5, 5.41) is 4.12. The first-order chi connectivity index (χ1) is 8.58. The molecule has 2 aliphatic rings. The average molecular weight is 266 g/mol. The SMILES string of the molecule is CC1CN(C(=O)C2(N)CC2)CC(c2ccsc2)O1. The predicted octanol–water partition coefficient (Wildman–Crippen LogP) is 1.53. The van der Waals surface area contributed by atoms with E-state index in [1.807, 2.05) is 17.2 Å². The Hall–Kier alpha value is -0.910. The molecule has 1 saturated heterocycles. The zero-order chi connectivity index (χ0) is 12.8. The molecular formula is C13H18N2O2S. The van der Waals surface area contributed by atoms with Gasteiger partial charge in [-0.05, 0) is 42.2 Å². The van der Waals surface area contributed by atoms with Crippen molar-refractivity contribution in [1.29, 1.82) is 0 Å². The first-order valence-corrected chi connectivity index (χ1v) is 7.28. The molecule has 1 aliphatic heterocycles. The highest BCUT2D eigenvalue weighted by Gasteiger charge is 2.49. The van der Waals surface area contributed by atoms with E-state index in [0.29, 0.717) is 13.1 Å². The third kappa shape index (κ3) is 2.18. The van der Waals surface area contributed by atoms with Crippen molar-refractivity contribution in [2.75, 3.05) is 13.1 Å². The third-order valence-corrected chi connectivity index (χ3v) is 4.38. The minimum absolute atomic E-state index is 0.00806. The first kappa shape index (κ1) is 12.1. The molecular weight excluding hydrogens is 248 g/mol. The number of carbonyl (C=O) groups is 1. The molecule has 5 heteroatoms. The monoisotopic (exact) mass is 266 g/mol. The van der Waals surface area contributed by atoms with Crippen LogP contribution in [0.3, 0.4) is 0 Å². The molecule has 3 rings (SSSR count). The summed E-state index contributed by atoms with van der Waals surface area (Å²) in [6.45, 7) is 3.28. The lowest BCUT2D eigenvalue weighted by Crippen LogP contribution is -2.52. The summed E-state index contributed by atoms with van der Waals surface area (Å²) in [4.78, 5) is 14.2. The number of nitrogens with two attached hydrogens (primary N) is 1. The van der Waals surface area contributed by atoms with E-state index >= 15 is 0 Å². The molecule has 2 N–H and O–H groups in total. The molecule has 4 nitrogen and oxygen atoms in total. The molecule has 98 valence electrons. The van der Waals surface area contributed by atoms with Gasteiger partial charge in [-0.1, -0.05) is 0 Å². The van der Waals surface area contributed by atoms with Crippen LogP contribution in [-0.2, 0) is 9.53 Å². The Morgan fingerprint density at radius 3 is 2.94 bits per heavy atom. The maximum absolute atomic E-state index is 12.3. The van der Waals surface area contributed by atoms with Crippen molar-refractivity contribution < 1.29 is 9.53 Å². The third-order valence-electron chi connectivity index (χ3n) is 3.68. The normalized spacial score (nSPS) is 30.2. The summed E-state index contributed by atoms with van der Waals surface area (Å²) < 4.78 is 5.92. The lowest BCUT2D eigenvalue weighted by atomic mass is 10.1. The molecule has 1 aromatic heterocycles. The van der Waals surface area contributed by atoms with E-state index in [-0.39, 0.29) is 18.1 Å². The lowest BCUT2D eigenvalue weighted by molar-refractivity contribution is -0.147. The van der Waals surface area contributed by atoms with E-state index < -0.39 is 5.54 Å². The largest absolute Gasteiger partial charge is 0.367 e.